The number of hydrogen-bond acceptors (Lipinski definition) is 4. The average Bonchev–Trinajstić information content (AvgIpc) is 3.38. The van der Waals surface area contributed by atoms with Gasteiger partial charge in [-0.3, -0.25) is 9.59 Å². The van der Waals surface area contributed by atoms with Crippen LogP contribution in [-0.4, -0.2) is 38.6 Å². The Hall–Kier alpha value is -1.41. The van der Waals surface area contributed by atoms with E-state index >= 15 is 0 Å². The van der Waals surface area contributed by atoms with E-state index in [0.29, 0.717) is 23.1 Å². The van der Waals surface area contributed by atoms with Crippen LogP contribution in [0.1, 0.15) is 45.1 Å². The van der Waals surface area contributed by atoms with Crippen LogP contribution in [0.3, 0.4) is 0 Å². The van der Waals surface area contributed by atoms with Crippen molar-refractivity contribution in [3.8, 4) is 0 Å². The Balaban J connectivity index is 1.85. The lowest BCUT2D eigenvalue weighted by atomic mass is 10.2. The molecule has 1 aliphatic carbocycles. The zero-order chi connectivity index (χ0) is 19.8. The second kappa shape index (κ2) is 7.91. The number of carbonyl (C=O) groups excluding carboxylic acids is 2. The van der Waals surface area contributed by atoms with E-state index in [-0.39, 0.29) is 40.8 Å². The maximum atomic E-state index is 13.0. The fraction of sp³-hybridized carbons (Fsp3) is 0.579. The fourth-order valence-electron chi connectivity index (χ4n) is 3.26. The van der Waals surface area contributed by atoms with Crippen molar-refractivity contribution in [3.63, 3.8) is 0 Å². The zero-order valence-corrected chi connectivity index (χ0v) is 18.0. The largest absolute Gasteiger partial charge is 0.354 e. The Kier molecular flexibility index (Phi) is 5.96. The van der Waals surface area contributed by atoms with Gasteiger partial charge in [-0.25, -0.2) is 8.42 Å². The summed E-state index contributed by atoms with van der Waals surface area (Å²) in [5.74, 6) is -0.507. The minimum atomic E-state index is -3.70. The van der Waals surface area contributed by atoms with Crippen molar-refractivity contribution < 1.29 is 18.0 Å². The maximum absolute atomic E-state index is 13.0. The predicted octanol–water partition coefficient (Wildman–Crippen LogP) is 2.83. The number of nitrogens with zero attached hydrogens (tertiary/aromatic N) is 1. The molecule has 0 saturated heterocycles. The predicted molar refractivity (Wildman–Crippen MR) is 107 cm³/mol. The van der Waals surface area contributed by atoms with Crippen LogP contribution >= 0.6 is 15.9 Å². The van der Waals surface area contributed by atoms with E-state index in [0.717, 1.165) is 24.8 Å². The number of hydrogen-bond donors (Lipinski definition) is 1. The molecule has 1 heterocycles. The molecule has 8 heteroatoms. The average molecular weight is 457 g/mol. The number of rotatable bonds is 7. The molecular weight excluding hydrogens is 432 g/mol. The van der Waals surface area contributed by atoms with Gasteiger partial charge in [0.25, 0.3) is 0 Å². The SMILES string of the molecule is CCC(C)NC(=O)CCS(=O)(=O)c1cc(Br)cc2c1N(C(=O)C1CC1)CC2. The summed E-state index contributed by atoms with van der Waals surface area (Å²) in [6.07, 6.45) is 3.09. The summed E-state index contributed by atoms with van der Waals surface area (Å²) in [6, 6.07) is 3.45. The van der Waals surface area contributed by atoms with E-state index in [4.69, 9.17) is 0 Å². The van der Waals surface area contributed by atoms with Gasteiger partial charge in [-0.1, -0.05) is 22.9 Å². The van der Waals surface area contributed by atoms with Crippen molar-refractivity contribution in [3.05, 3.63) is 22.2 Å². The molecule has 0 bridgehead atoms. The highest BCUT2D eigenvalue weighted by Gasteiger charge is 2.39. The molecule has 1 aromatic rings. The first-order valence-corrected chi connectivity index (χ1v) is 11.8. The second-order valence-corrected chi connectivity index (χ2v) is 10.4. The topological polar surface area (TPSA) is 83.6 Å². The molecular formula is C19H25BrN2O4S. The monoisotopic (exact) mass is 456 g/mol. The van der Waals surface area contributed by atoms with Crippen molar-refractivity contribution in [2.24, 2.45) is 5.92 Å². The van der Waals surface area contributed by atoms with Gasteiger partial charge in [0, 0.05) is 29.4 Å². The summed E-state index contributed by atoms with van der Waals surface area (Å²) >= 11 is 3.38. The molecule has 27 heavy (non-hydrogen) atoms. The van der Waals surface area contributed by atoms with Gasteiger partial charge in [-0.2, -0.15) is 0 Å². The van der Waals surface area contributed by atoms with Gasteiger partial charge in [-0.05, 0) is 50.3 Å². The van der Waals surface area contributed by atoms with Gasteiger partial charge in [0.15, 0.2) is 9.84 Å². The Morgan fingerprint density at radius 2 is 2.04 bits per heavy atom. The molecule has 1 N–H and O–H groups in total. The first-order valence-electron chi connectivity index (χ1n) is 9.39. The molecule has 6 nitrogen and oxygen atoms in total. The van der Waals surface area contributed by atoms with Crippen molar-refractivity contribution >= 4 is 43.3 Å². The van der Waals surface area contributed by atoms with Gasteiger partial charge < -0.3 is 10.2 Å². The maximum Gasteiger partial charge on any atom is 0.230 e. The first-order chi connectivity index (χ1) is 12.7. The van der Waals surface area contributed by atoms with Crippen LogP contribution in [0.5, 0.6) is 0 Å². The Morgan fingerprint density at radius 3 is 2.67 bits per heavy atom. The summed E-state index contributed by atoms with van der Waals surface area (Å²) in [4.78, 5) is 26.4. The molecule has 1 saturated carbocycles. The molecule has 0 radical (unpaired) electrons. The summed E-state index contributed by atoms with van der Waals surface area (Å²) < 4.78 is 26.7. The number of sulfone groups is 1. The summed E-state index contributed by atoms with van der Waals surface area (Å²) in [5, 5.41) is 2.79. The van der Waals surface area contributed by atoms with Gasteiger partial charge >= 0.3 is 0 Å². The van der Waals surface area contributed by atoms with E-state index in [2.05, 4.69) is 21.2 Å². The second-order valence-electron chi connectivity index (χ2n) is 7.37. The van der Waals surface area contributed by atoms with Crippen LogP contribution in [0.15, 0.2) is 21.5 Å². The highest BCUT2D eigenvalue weighted by Crippen LogP contribution is 2.41. The van der Waals surface area contributed by atoms with E-state index in [9.17, 15) is 18.0 Å². The normalized spacial score (nSPS) is 17.5. The first kappa shape index (κ1) is 20.3. The number of anilines is 1. The number of halogens is 1. The molecule has 3 rings (SSSR count). The van der Waals surface area contributed by atoms with E-state index < -0.39 is 9.84 Å². The molecule has 1 unspecified atom stereocenters. The lowest BCUT2D eigenvalue weighted by Crippen LogP contribution is -2.33. The molecule has 148 valence electrons. The number of amides is 2. The fourth-order valence-corrected chi connectivity index (χ4v) is 5.44. The third-order valence-corrected chi connectivity index (χ3v) is 7.32. The number of benzene rings is 1. The molecule has 2 amide bonds. The van der Waals surface area contributed by atoms with Gasteiger partial charge in [0.2, 0.25) is 11.8 Å². The van der Waals surface area contributed by atoms with Crippen LogP contribution in [0.2, 0.25) is 0 Å². The number of fused-ring (bicyclic) bond motifs is 1. The molecule has 0 spiro atoms. The summed E-state index contributed by atoms with van der Waals surface area (Å²) in [5.41, 5.74) is 1.37. The Morgan fingerprint density at radius 1 is 1.33 bits per heavy atom. The Bertz CT molecular complexity index is 865. The highest BCUT2D eigenvalue weighted by atomic mass is 79.9. The minimum absolute atomic E-state index is 0.0157. The van der Waals surface area contributed by atoms with Crippen LogP contribution in [0.25, 0.3) is 0 Å². The molecule has 2 aliphatic rings. The van der Waals surface area contributed by atoms with Gasteiger partial charge in [-0.15, -0.1) is 0 Å². The minimum Gasteiger partial charge on any atom is -0.354 e. The lowest BCUT2D eigenvalue weighted by molar-refractivity contribution is -0.121. The van der Waals surface area contributed by atoms with E-state index in [1.165, 1.54) is 0 Å². The standard InChI is InChI=1S/C19H25BrN2O4S/c1-3-12(2)21-17(23)7-9-27(25,26)16-11-15(20)10-14-6-8-22(18(14)16)19(24)13-4-5-13/h10-13H,3-9H2,1-2H3,(H,21,23). The molecule has 1 fully saturated rings. The quantitative estimate of drug-likeness (QED) is 0.683. The van der Waals surface area contributed by atoms with Crippen LogP contribution in [0, 0.1) is 5.92 Å². The highest BCUT2D eigenvalue weighted by molar-refractivity contribution is 9.10. The number of nitrogens with one attached hydrogen (secondary N) is 1. The lowest BCUT2D eigenvalue weighted by Gasteiger charge is -2.21. The molecule has 1 aromatic carbocycles. The van der Waals surface area contributed by atoms with Crippen LogP contribution < -0.4 is 10.2 Å². The molecule has 0 aromatic heterocycles. The van der Waals surface area contributed by atoms with Gasteiger partial charge in [0.05, 0.1) is 16.3 Å². The smallest absolute Gasteiger partial charge is 0.230 e. The Labute approximate surface area is 168 Å². The molecule has 1 aliphatic heterocycles. The number of carbonyl (C=O) groups is 2. The summed E-state index contributed by atoms with van der Waals surface area (Å²) in [7, 11) is -3.70. The van der Waals surface area contributed by atoms with Gasteiger partial charge in [0.1, 0.15) is 0 Å². The van der Waals surface area contributed by atoms with Crippen molar-refractivity contribution in [1.82, 2.24) is 5.32 Å². The van der Waals surface area contributed by atoms with E-state index in [1.54, 1.807) is 11.0 Å². The van der Waals surface area contributed by atoms with E-state index in [1.807, 2.05) is 19.9 Å². The van der Waals surface area contributed by atoms with Crippen LogP contribution in [0.4, 0.5) is 5.69 Å². The third-order valence-electron chi connectivity index (χ3n) is 5.14. The van der Waals surface area contributed by atoms with Crippen molar-refractivity contribution in [2.45, 2.75) is 56.9 Å². The van der Waals surface area contributed by atoms with Crippen molar-refractivity contribution in [2.75, 3.05) is 17.2 Å². The van der Waals surface area contributed by atoms with Crippen LogP contribution in [-0.2, 0) is 25.8 Å². The third kappa shape index (κ3) is 4.54. The van der Waals surface area contributed by atoms with Crippen molar-refractivity contribution in [1.29, 1.82) is 0 Å². The zero-order valence-electron chi connectivity index (χ0n) is 15.6. The summed E-state index contributed by atoms with van der Waals surface area (Å²) in [6.45, 7) is 4.35. The molecule has 1 atom stereocenters.